The van der Waals surface area contributed by atoms with E-state index in [-0.39, 0.29) is 14.9 Å². The standard InChI is InChI=1S/C8H8.2CH4/c1-4-6-7-8(3)5-2;;/h2,4,6-7H,1,3H2;2*1H4/b7-6-;;. The van der Waals surface area contributed by atoms with Crippen LogP contribution in [-0.2, 0) is 0 Å². The zero-order valence-electron chi connectivity index (χ0n) is 4.72. The second-order valence-corrected chi connectivity index (χ2v) is 1.26. The van der Waals surface area contributed by atoms with Gasteiger partial charge in [-0.2, -0.15) is 0 Å². The molecule has 0 aromatic carbocycles. The van der Waals surface area contributed by atoms with Crippen LogP contribution in [0.2, 0.25) is 0 Å². The van der Waals surface area contributed by atoms with Crippen LogP contribution in [0.3, 0.4) is 0 Å². The van der Waals surface area contributed by atoms with Crippen LogP contribution >= 0.6 is 0 Å². The van der Waals surface area contributed by atoms with Crippen LogP contribution in [-0.4, -0.2) is 0 Å². The molecule has 0 aliphatic carbocycles. The number of hydrogen-bond acceptors (Lipinski definition) is 0. The summed E-state index contributed by atoms with van der Waals surface area (Å²) in [6, 6.07) is 0. The van der Waals surface area contributed by atoms with Crippen molar-refractivity contribution in [2.75, 3.05) is 0 Å². The van der Waals surface area contributed by atoms with Gasteiger partial charge in [0, 0.05) is 5.57 Å². The minimum absolute atomic E-state index is 0. The molecule has 0 bridgehead atoms. The van der Waals surface area contributed by atoms with Crippen LogP contribution in [0.4, 0.5) is 0 Å². The molecule has 0 aromatic rings. The first kappa shape index (κ1) is 15.9. The molecule has 0 spiro atoms. The Balaban J connectivity index is -0.000000245. The molecule has 0 aliphatic heterocycles. The van der Waals surface area contributed by atoms with Crippen molar-refractivity contribution in [2.24, 2.45) is 0 Å². The molecule has 0 nitrogen and oxygen atoms in total. The van der Waals surface area contributed by atoms with Crippen molar-refractivity contribution in [3.63, 3.8) is 0 Å². The van der Waals surface area contributed by atoms with Crippen LogP contribution in [0, 0.1) is 12.3 Å². The van der Waals surface area contributed by atoms with Gasteiger partial charge in [0.05, 0.1) is 0 Å². The molecule has 0 saturated carbocycles. The second kappa shape index (κ2) is 10.7. The van der Waals surface area contributed by atoms with Crippen molar-refractivity contribution in [3.8, 4) is 12.3 Å². The fourth-order valence-corrected chi connectivity index (χ4v) is 0.232. The summed E-state index contributed by atoms with van der Waals surface area (Å²) in [6.45, 7) is 7.01. The lowest BCUT2D eigenvalue weighted by atomic mass is 10.3. The third-order valence-electron chi connectivity index (χ3n) is 0.619. The maximum absolute atomic E-state index is 4.98. The van der Waals surface area contributed by atoms with E-state index < -0.39 is 0 Å². The Labute approximate surface area is 65.0 Å². The van der Waals surface area contributed by atoms with Gasteiger partial charge in [0.1, 0.15) is 0 Å². The molecular formula is C10H16. The van der Waals surface area contributed by atoms with Crippen LogP contribution < -0.4 is 0 Å². The van der Waals surface area contributed by atoms with E-state index in [0.717, 1.165) is 0 Å². The first-order valence-corrected chi connectivity index (χ1v) is 2.26. The zero-order valence-corrected chi connectivity index (χ0v) is 4.72. The SMILES string of the molecule is C.C.C#CC(=C)/C=C\C=C. The zero-order chi connectivity index (χ0) is 6.41. The van der Waals surface area contributed by atoms with E-state index in [1.165, 1.54) is 0 Å². The average molecular weight is 136 g/mol. The molecule has 0 atom stereocenters. The second-order valence-electron chi connectivity index (χ2n) is 1.26. The summed E-state index contributed by atoms with van der Waals surface area (Å²) in [5.41, 5.74) is 0.671. The van der Waals surface area contributed by atoms with E-state index in [2.05, 4.69) is 19.1 Å². The average Bonchev–Trinajstić information content (AvgIpc) is 1.83. The third-order valence-corrected chi connectivity index (χ3v) is 0.619. The first-order chi connectivity index (χ1) is 3.81. The summed E-state index contributed by atoms with van der Waals surface area (Å²) >= 11 is 0. The maximum atomic E-state index is 4.98. The van der Waals surface area contributed by atoms with Crippen molar-refractivity contribution < 1.29 is 0 Å². The lowest BCUT2D eigenvalue weighted by Crippen LogP contribution is -1.61. The molecule has 0 radical (unpaired) electrons. The molecule has 0 saturated heterocycles. The normalized spacial score (nSPS) is 6.70. The predicted molar refractivity (Wildman–Crippen MR) is 50.8 cm³/mol. The summed E-state index contributed by atoms with van der Waals surface area (Å²) in [5.74, 6) is 2.37. The predicted octanol–water partition coefficient (Wildman–Crippen LogP) is 3.19. The van der Waals surface area contributed by atoms with Crippen LogP contribution in [0.25, 0.3) is 0 Å². The molecule has 0 unspecified atom stereocenters. The Hall–Kier alpha value is -1.22. The Morgan fingerprint density at radius 3 is 2.20 bits per heavy atom. The van der Waals surface area contributed by atoms with E-state index >= 15 is 0 Å². The lowest BCUT2D eigenvalue weighted by Gasteiger charge is -1.77. The molecule has 0 aromatic heterocycles. The van der Waals surface area contributed by atoms with Gasteiger partial charge < -0.3 is 0 Å². The van der Waals surface area contributed by atoms with Crippen LogP contribution in [0.15, 0.2) is 37.0 Å². The highest BCUT2D eigenvalue weighted by Crippen LogP contribution is 1.87. The number of rotatable bonds is 2. The Morgan fingerprint density at radius 1 is 1.40 bits per heavy atom. The van der Waals surface area contributed by atoms with E-state index in [0.29, 0.717) is 5.57 Å². The van der Waals surface area contributed by atoms with Crippen LogP contribution in [0.1, 0.15) is 14.9 Å². The number of allylic oxidation sites excluding steroid dienone is 4. The molecule has 0 rings (SSSR count). The van der Waals surface area contributed by atoms with Gasteiger partial charge in [-0.25, -0.2) is 0 Å². The minimum Gasteiger partial charge on any atom is -0.115 e. The van der Waals surface area contributed by atoms with Gasteiger partial charge in [0.2, 0.25) is 0 Å². The summed E-state index contributed by atoms with van der Waals surface area (Å²) in [6.07, 6.45) is 10.1. The molecule has 0 heteroatoms. The fraction of sp³-hybridized carbons (Fsp3) is 0.200. The quantitative estimate of drug-likeness (QED) is 0.404. The summed E-state index contributed by atoms with van der Waals surface area (Å²) in [4.78, 5) is 0. The van der Waals surface area contributed by atoms with Gasteiger partial charge in [0.15, 0.2) is 0 Å². The van der Waals surface area contributed by atoms with E-state index in [1.54, 1.807) is 18.2 Å². The molecule has 0 fully saturated rings. The fourth-order valence-electron chi connectivity index (χ4n) is 0.232. The highest BCUT2D eigenvalue weighted by Gasteiger charge is 1.70. The minimum atomic E-state index is 0. The van der Waals surface area contributed by atoms with Crippen molar-refractivity contribution in [3.05, 3.63) is 37.0 Å². The van der Waals surface area contributed by atoms with Crippen molar-refractivity contribution in [2.45, 2.75) is 14.9 Å². The topological polar surface area (TPSA) is 0 Å². The van der Waals surface area contributed by atoms with Crippen LogP contribution in [0.5, 0.6) is 0 Å². The van der Waals surface area contributed by atoms with Crippen molar-refractivity contribution >= 4 is 0 Å². The number of terminal acetylenes is 1. The Morgan fingerprint density at radius 2 is 1.90 bits per heavy atom. The first-order valence-electron chi connectivity index (χ1n) is 2.26. The van der Waals surface area contributed by atoms with E-state index in [9.17, 15) is 0 Å². The molecule has 56 valence electrons. The number of hydrogen-bond donors (Lipinski definition) is 0. The van der Waals surface area contributed by atoms with Crippen molar-refractivity contribution in [1.29, 1.82) is 0 Å². The summed E-state index contributed by atoms with van der Waals surface area (Å²) < 4.78 is 0. The maximum Gasteiger partial charge on any atom is 0.0170 e. The Kier molecular flexibility index (Phi) is 17.0. The smallest absolute Gasteiger partial charge is 0.0170 e. The molecule has 10 heavy (non-hydrogen) atoms. The third kappa shape index (κ3) is 9.91. The molecular weight excluding hydrogens is 120 g/mol. The van der Waals surface area contributed by atoms with Gasteiger partial charge in [-0.1, -0.05) is 46.1 Å². The van der Waals surface area contributed by atoms with Gasteiger partial charge in [-0.3, -0.25) is 0 Å². The van der Waals surface area contributed by atoms with E-state index in [4.69, 9.17) is 6.42 Å². The largest absolute Gasteiger partial charge is 0.115 e. The highest BCUT2D eigenvalue weighted by molar-refractivity contribution is 5.33. The lowest BCUT2D eigenvalue weighted by molar-refractivity contribution is 1.83. The summed E-state index contributed by atoms with van der Waals surface area (Å²) in [5, 5.41) is 0. The van der Waals surface area contributed by atoms with Crippen molar-refractivity contribution in [1.82, 2.24) is 0 Å². The molecule has 0 N–H and O–H groups in total. The molecule has 0 heterocycles. The molecule has 0 amide bonds. The van der Waals surface area contributed by atoms with Gasteiger partial charge >= 0.3 is 0 Å². The monoisotopic (exact) mass is 136 g/mol. The van der Waals surface area contributed by atoms with E-state index in [1.807, 2.05) is 0 Å². The Bertz CT molecular complexity index is 153. The van der Waals surface area contributed by atoms with Gasteiger partial charge in [0.25, 0.3) is 0 Å². The highest BCUT2D eigenvalue weighted by atomic mass is 13.7. The van der Waals surface area contributed by atoms with Gasteiger partial charge in [-0.15, -0.1) is 6.42 Å². The summed E-state index contributed by atoms with van der Waals surface area (Å²) in [7, 11) is 0. The molecule has 0 aliphatic rings. The van der Waals surface area contributed by atoms with Gasteiger partial charge in [-0.05, 0) is 6.08 Å².